The van der Waals surface area contributed by atoms with Gasteiger partial charge in [0.25, 0.3) is 0 Å². The number of thiazole rings is 1. The quantitative estimate of drug-likeness (QED) is 0.784. The van der Waals surface area contributed by atoms with Crippen LogP contribution in [-0.2, 0) is 17.8 Å². The molecule has 138 valence electrons. The lowest BCUT2D eigenvalue weighted by Gasteiger charge is -2.34. The third-order valence-electron chi connectivity index (χ3n) is 6.04. The molecule has 0 N–H and O–H groups in total. The molecule has 1 spiro atoms. The van der Waals surface area contributed by atoms with Crippen molar-refractivity contribution in [1.82, 2.24) is 19.8 Å². The van der Waals surface area contributed by atoms with Crippen LogP contribution < -0.4 is 0 Å². The second-order valence-electron chi connectivity index (χ2n) is 7.66. The van der Waals surface area contributed by atoms with Crippen LogP contribution in [-0.4, -0.2) is 51.9 Å². The summed E-state index contributed by atoms with van der Waals surface area (Å²) >= 11 is 1.73. The summed E-state index contributed by atoms with van der Waals surface area (Å²) in [6, 6.07) is 4.64. The lowest BCUT2D eigenvalue weighted by Crippen LogP contribution is -2.41. The van der Waals surface area contributed by atoms with Crippen LogP contribution in [0.1, 0.15) is 36.3 Å². The zero-order chi connectivity index (χ0) is 18.0. The number of rotatable bonds is 6. The third-order valence-corrected chi connectivity index (χ3v) is 6.80. The number of hydrogen-bond donors (Lipinski definition) is 0. The summed E-state index contributed by atoms with van der Waals surface area (Å²) in [5.41, 5.74) is 1.63. The highest BCUT2D eigenvalue weighted by molar-refractivity contribution is 7.09. The predicted molar refractivity (Wildman–Crippen MR) is 103 cm³/mol. The Morgan fingerprint density at radius 1 is 1.31 bits per heavy atom. The first kappa shape index (κ1) is 17.6. The van der Waals surface area contributed by atoms with Crippen LogP contribution in [0.5, 0.6) is 0 Å². The van der Waals surface area contributed by atoms with Gasteiger partial charge in [-0.15, -0.1) is 11.3 Å². The molecule has 5 nitrogen and oxygen atoms in total. The van der Waals surface area contributed by atoms with Gasteiger partial charge in [-0.05, 0) is 55.8 Å². The first-order valence-electron chi connectivity index (χ1n) is 9.42. The maximum atomic E-state index is 12.5. The van der Waals surface area contributed by atoms with E-state index < -0.39 is 0 Å². The standard InChI is InChI=1S/C20H26N4OS/c1-23(15-18-22-10-13-26-18)17-14-20(17)6-11-24(12-7-20)19(25)3-2-16-4-8-21-9-5-16/h4-5,8-10,13,17H,2-3,6-7,11-12,14-15H2,1H3/t17-/m0/s1. The number of hydrogen-bond acceptors (Lipinski definition) is 5. The van der Waals surface area contributed by atoms with Crippen molar-refractivity contribution in [2.24, 2.45) is 5.41 Å². The Hall–Kier alpha value is -1.79. The van der Waals surface area contributed by atoms with Crippen LogP contribution in [0.4, 0.5) is 0 Å². The molecule has 1 atom stereocenters. The topological polar surface area (TPSA) is 49.3 Å². The molecule has 1 aliphatic heterocycles. The van der Waals surface area contributed by atoms with Crippen LogP contribution in [0.2, 0.25) is 0 Å². The molecule has 1 amide bonds. The van der Waals surface area contributed by atoms with Crippen LogP contribution in [0.3, 0.4) is 0 Å². The fraction of sp³-hybridized carbons (Fsp3) is 0.550. The summed E-state index contributed by atoms with van der Waals surface area (Å²) in [5.74, 6) is 0.296. The minimum atomic E-state index is 0.296. The van der Waals surface area contributed by atoms with Crippen molar-refractivity contribution in [3.05, 3.63) is 46.7 Å². The highest BCUT2D eigenvalue weighted by Gasteiger charge is 2.56. The van der Waals surface area contributed by atoms with Crippen molar-refractivity contribution in [3.63, 3.8) is 0 Å². The minimum Gasteiger partial charge on any atom is -0.343 e. The van der Waals surface area contributed by atoms with Crippen molar-refractivity contribution >= 4 is 17.2 Å². The number of piperidine rings is 1. The molecule has 2 aromatic heterocycles. The van der Waals surface area contributed by atoms with Crippen molar-refractivity contribution in [1.29, 1.82) is 0 Å². The molecule has 0 bridgehead atoms. The van der Waals surface area contributed by atoms with Crippen LogP contribution in [0.25, 0.3) is 0 Å². The van der Waals surface area contributed by atoms with E-state index in [0.29, 0.717) is 23.8 Å². The molecule has 2 fully saturated rings. The van der Waals surface area contributed by atoms with E-state index in [1.54, 1.807) is 23.7 Å². The van der Waals surface area contributed by atoms with Gasteiger partial charge in [0, 0.05) is 49.5 Å². The summed E-state index contributed by atoms with van der Waals surface area (Å²) in [6.45, 7) is 2.77. The number of amides is 1. The summed E-state index contributed by atoms with van der Waals surface area (Å²) in [6.07, 6.45) is 10.4. The predicted octanol–water partition coefficient (Wildman–Crippen LogP) is 2.98. The van der Waals surface area contributed by atoms with E-state index in [0.717, 1.165) is 38.9 Å². The third kappa shape index (κ3) is 3.81. The van der Waals surface area contributed by atoms with Gasteiger partial charge in [0.1, 0.15) is 5.01 Å². The van der Waals surface area contributed by atoms with Gasteiger partial charge in [-0.1, -0.05) is 0 Å². The average molecular weight is 371 g/mol. The molecule has 0 aromatic carbocycles. The fourth-order valence-electron chi connectivity index (χ4n) is 4.30. The van der Waals surface area contributed by atoms with Gasteiger partial charge >= 0.3 is 0 Å². The molecule has 0 radical (unpaired) electrons. The zero-order valence-corrected chi connectivity index (χ0v) is 16.1. The Bertz CT molecular complexity index is 726. The van der Waals surface area contributed by atoms with E-state index in [1.807, 2.05) is 23.7 Å². The van der Waals surface area contributed by atoms with Gasteiger partial charge in [0.15, 0.2) is 0 Å². The number of pyridine rings is 1. The minimum absolute atomic E-state index is 0.296. The molecule has 4 rings (SSSR count). The Kier molecular flexibility index (Phi) is 5.05. The maximum Gasteiger partial charge on any atom is 0.222 e. The van der Waals surface area contributed by atoms with Gasteiger partial charge in [-0.2, -0.15) is 0 Å². The van der Waals surface area contributed by atoms with Gasteiger partial charge in [0.2, 0.25) is 5.91 Å². The van der Waals surface area contributed by atoms with Crippen molar-refractivity contribution < 1.29 is 4.79 Å². The lowest BCUT2D eigenvalue weighted by molar-refractivity contribution is -0.132. The Morgan fingerprint density at radius 3 is 2.77 bits per heavy atom. The Morgan fingerprint density at radius 2 is 2.08 bits per heavy atom. The molecular weight excluding hydrogens is 344 g/mol. The van der Waals surface area contributed by atoms with Gasteiger partial charge in [0.05, 0.1) is 6.54 Å². The molecule has 1 saturated carbocycles. The lowest BCUT2D eigenvalue weighted by atomic mass is 9.92. The number of carbonyl (C=O) groups excluding carboxylic acids is 1. The van der Waals surface area contributed by atoms with E-state index in [-0.39, 0.29) is 0 Å². The van der Waals surface area contributed by atoms with Crippen LogP contribution in [0, 0.1) is 5.41 Å². The Labute approximate surface area is 159 Å². The second-order valence-corrected chi connectivity index (χ2v) is 8.64. The SMILES string of the molecule is CN(Cc1nccs1)[C@H]1CC12CCN(C(=O)CCc1ccncc1)CC2. The van der Waals surface area contributed by atoms with E-state index >= 15 is 0 Å². The summed E-state index contributed by atoms with van der Waals surface area (Å²) < 4.78 is 0. The Balaban J connectivity index is 1.23. The highest BCUT2D eigenvalue weighted by atomic mass is 32.1. The molecule has 1 saturated heterocycles. The van der Waals surface area contributed by atoms with Crippen molar-refractivity contribution in [2.45, 2.75) is 44.7 Å². The van der Waals surface area contributed by atoms with Crippen molar-refractivity contribution in [2.75, 3.05) is 20.1 Å². The number of carbonyl (C=O) groups is 1. The largest absolute Gasteiger partial charge is 0.343 e. The maximum absolute atomic E-state index is 12.5. The second kappa shape index (κ2) is 7.45. The fourth-order valence-corrected chi connectivity index (χ4v) is 4.98. The van der Waals surface area contributed by atoms with Gasteiger partial charge < -0.3 is 4.90 Å². The van der Waals surface area contributed by atoms with Gasteiger partial charge in [-0.3, -0.25) is 14.7 Å². The molecular formula is C20H26N4OS. The molecule has 2 aliphatic rings. The normalized spacial score (nSPS) is 21.3. The van der Waals surface area contributed by atoms with Gasteiger partial charge in [-0.25, -0.2) is 4.98 Å². The van der Waals surface area contributed by atoms with Crippen molar-refractivity contribution in [3.8, 4) is 0 Å². The average Bonchev–Trinajstić information content (AvgIpc) is 3.11. The van der Waals surface area contributed by atoms with E-state index in [2.05, 4.69) is 26.8 Å². The number of aromatic nitrogens is 2. The molecule has 3 heterocycles. The molecule has 6 heteroatoms. The summed E-state index contributed by atoms with van der Waals surface area (Å²) in [5, 5.41) is 3.24. The summed E-state index contributed by atoms with van der Waals surface area (Å²) in [4.78, 5) is 25.5. The monoisotopic (exact) mass is 370 g/mol. The molecule has 26 heavy (non-hydrogen) atoms. The molecule has 2 aromatic rings. The number of likely N-dealkylation sites (tertiary alicyclic amines) is 1. The smallest absolute Gasteiger partial charge is 0.222 e. The summed E-state index contributed by atoms with van der Waals surface area (Å²) in [7, 11) is 2.22. The van der Waals surface area contributed by atoms with E-state index in [1.165, 1.54) is 17.0 Å². The van der Waals surface area contributed by atoms with E-state index in [4.69, 9.17) is 0 Å². The first-order chi connectivity index (χ1) is 12.7. The van der Waals surface area contributed by atoms with Crippen LogP contribution in [0.15, 0.2) is 36.1 Å². The first-order valence-corrected chi connectivity index (χ1v) is 10.3. The number of aryl methyl sites for hydroxylation is 1. The highest BCUT2D eigenvalue weighted by Crippen LogP contribution is 2.56. The van der Waals surface area contributed by atoms with E-state index in [9.17, 15) is 4.79 Å². The number of nitrogens with zero attached hydrogens (tertiary/aromatic N) is 4. The molecule has 0 unspecified atom stereocenters. The van der Waals surface area contributed by atoms with Crippen LogP contribution >= 0.6 is 11.3 Å². The molecule has 1 aliphatic carbocycles. The zero-order valence-electron chi connectivity index (χ0n) is 15.3.